The van der Waals surface area contributed by atoms with Crippen LogP contribution in [0.25, 0.3) is 0 Å². The van der Waals surface area contributed by atoms with Crippen LogP contribution in [0.5, 0.6) is 11.8 Å². The molecule has 0 saturated carbocycles. The van der Waals surface area contributed by atoms with Crippen molar-refractivity contribution in [2.75, 3.05) is 38.9 Å². The minimum absolute atomic E-state index is 0.0388. The molecule has 1 aromatic rings. The molecule has 0 aromatic carbocycles. The first kappa shape index (κ1) is 14.3. The molecule has 0 radical (unpaired) electrons. The van der Waals surface area contributed by atoms with Crippen molar-refractivity contribution in [1.82, 2.24) is 9.97 Å². The summed E-state index contributed by atoms with van der Waals surface area (Å²) in [5.74, 6) is 0.232. The lowest BCUT2D eigenvalue weighted by atomic mass is 10.1. The fraction of sp³-hybridized carbons (Fsp3) is 0.583. The van der Waals surface area contributed by atoms with Gasteiger partial charge in [0.15, 0.2) is 0 Å². The number of aliphatic carboxylic acids is 1. The lowest BCUT2D eigenvalue weighted by molar-refractivity contribution is -0.138. The van der Waals surface area contributed by atoms with E-state index < -0.39 is 5.97 Å². The number of methoxy groups -OCH3 is 2. The Balaban J connectivity index is 2.28. The van der Waals surface area contributed by atoms with Crippen LogP contribution in [-0.2, 0) is 9.53 Å². The number of carboxylic acid groups (broad SMARTS) is 1. The zero-order chi connectivity index (χ0) is 14.5. The lowest BCUT2D eigenvalue weighted by Gasteiger charge is -2.34. The first-order valence-electron chi connectivity index (χ1n) is 6.17. The summed E-state index contributed by atoms with van der Waals surface area (Å²) in [7, 11) is 3.00. The fourth-order valence-electron chi connectivity index (χ4n) is 2.02. The molecule has 1 aliphatic rings. The molecule has 1 unspecified atom stereocenters. The molecular formula is C12H17N3O5. The average molecular weight is 283 g/mol. The molecule has 2 heterocycles. The molecule has 0 bridgehead atoms. The molecule has 1 N–H and O–H groups in total. The summed E-state index contributed by atoms with van der Waals surface area (Å²) in [6.07, 6.45) is -0.0388. The summed E-state index contributed by atoms with van der Waals surface area (Å²) < 4.78 is 15.5. The summed E-state index contributed by atoms with van der Waals surface area (Å²) >= 11 is 0. The van der Waals surface area contributed by atoms with Gasteiger partial charge in [0.1, 0.15) is 0 Å². The third-order valence-electron chi connectivity index (χ3n) is 2.98. The monoisotopic (exact) mass is 283 g/mol. The van der Waals surface area contributed by atoms with Crippen LogP contribution >= 0.6 is 0 Å². The molecule has 110 valence electrons. The lowest BCUT2D eigenvalue weighted by Crippen LogP contribution is -2.47. The van der Waals surface area contributed by atoms with Crippen molar-refractivity contribution in [3.63, 3.8) is 0 Å². The second kappa shape index (κ2) is 6.38. The van der Waals surface area contributed by atoms with E-state index in [-0.39, 0.29) is 12.5 Å². The molecule has 20 heavy (non-hydrogen) atoms. The Morgan fingerprint density at radius 1 is 1.45 bits per heavy atom. The fourth-order valence-corrected chi connectivity index (χ4v) is 2.02. The van der Waals surface area contributed by atoms with E-state index in [1.807, 2.05) is 4.90 Å². The van der Waals surface area contributed by atoms with E-state index in [0.717, 1.165) is 0 Å². The highest BCUT2D eigenvalue weighted by molar-refractivity contribution is 5.68. The molecule has 1 aliphatic heterocycles. The molecule has 1 fully saturated rings. The van der Waals surface area contributed by atoms with Crippen LogP contribution in [0.1, 0.15) is 6.42 Å². The number of hydrogen-bond donors (Lipinski definition) is 1. The predicted molar refractivity (Wildman–Crippen MR) is 69.3 cm³/mol. The first-order chi connectivity index (χ1) is 9.63. The summed E-state index contributed by atoms with van der Waals surface area (Å²) in [5.41, 5.74) is 0. The third kappa shape index (κ3) is 3.27. The maximum absolute atomic E-state index is 10.9. The van der Waals surface area contributed by atoms with Crippen LogP contribution in [0.4, 0.5) is 5.95 Å². The van der Waals surface area contributed by atoms with Crippen LogP contribution in [0.15, 0.2) is 6.07 Å². The van der Waals surface area contributed by atoms with Crippen LogP contribution in [0, 0.1) is 0 Å². The smallest absolute Gasteiger partial charge is 0.305 e. The third-order valence-corrected chi connectivity index (χ3v) is 2.98. The molecule has 8 heteroatoms. The van der Waals surface area contributed by atoms with Crippen molar-refractivity contribution in [3.05, 3.63) is 6.07 Å². The van der Waals surface area contributed by atoms with Gasteiger partial charge in [0, 0.05) is 6.54 Å². The molecule has 8 nitrogen and oxygen atoms in total. The van der Waals surface area contributed by atoms with Crippen molar-refractivity contribution < 1.29 is 24.1 Å². The Labute approximate surface area is 116 Å². The van der Waals surface area contributed by atoms with Gasteiger partial charge < -0.3 is 24.2 Å². The highest BCUT2D eigenvalue weighted by atomic mass is 16.5. The standard InChI is InChI=1S/C12H17N3O5/c1-18-9-6-10(19-2)14-12(13-9)15-3-4-20-7-8(15)5-11(16)17/h6,8H,3-5,7H2,1-2H3,(H,16,17). The normalized spacial score (nSPS) is 18.7. The van der Waals surface area contributed by atoms with E-state index in [0.29, 0.717) is 37.5 Å². The van der Waals surface area contributed by atoms with Gasteiger partial charge in [-0.15, -0.1) is 0 Å². The van der Waals surface area contributed by atoms with Crippen LogP contribution < -0.4 is 14.4 Å². The van der Waals surface area contributed by atoms with Gasteiger partial charge in [-0.25, -0.2) is 0 Å². The van der Waals surface area contributed by atoms with Crippen molar-refractivity contribution in [2.45, 2.75) is 12.5 Å². The van der Waals surface area contributed by atoms with Gasteiger partial charge in [-0.3, -0.25) is 4.79 Å². The highest BCUT2D eigenvalue weighted by Crippen LogP contribution is 2.23. The van der Waals surface area contributed by atoms with Crippen molar-refractivity contribution in [2.24, 2.45) is 0 Å². The quantitative estimate of drug-likeness (QED) is 0.817. The van der Waals surface area contributed by atoms with E-state index in [9.17, 15) is 4.79 Å². The zero-order valence-corrected chi connectivity index (χ0v) is 11.4. The van der Waals surface area contributed by atoms with E-state index in [2.05, 4.69) is 9.97 Å². The number of aromatic nitrogens is 2. The molecular weight excluding hydrogens is 266 g/mol. The summed E-state index contributed by atoms with van der Waals surface area (Å²) in [5, 5.41) is 8.96. The molecule has 2 rings (SSSR count). The predicted octanol–water partition coefficient (Wildman–Crippen LogP) is 0.174. The number of rotatable bonds is 5. The van der Waals surface area contributed by atoms with Gasteiger partial charge in [0.25, 0.3) is 0 Å². The SMILES string of the molecule is COc1cc(OC)nc(N2CCOCC2CC(=O)O)n1. The number of anilines is 1. The number of ether oxygens (including phenoxy) is 3. The molecule has 1 aromatic heterocycles. The molecule has 1 atom stereocenters. The maximum Gasteiger partial charge on any atom is 0.305 e. The number of carbonyl (C=O) groups is 1. The molecule has 1 saturated heterocycles. The van der Waals surface area contributed by atoms with Crippen LogP contribution in [0.3, 0.4) is 0 Å². The molecule has 0 spiro atoms. The van der Waals surface area contributed by atoms with Gasteiger partial charge >= 0.3 is 5.97 Å². The topological polar surface area (TPSA) is 94.0 Å². The zero-order valence-electron chi connectivity index (χ0n) is 11.4. The van der Waals surface area contributed by atoms with Crippen molar-refractivity contribution >= 4 is 11.9 Å². The Bertz CT molecular complexity index is 460. The molecule has 0 amide bonds. The Morgan fingerprint density at radius 3 is 2.65 bits per heavy atom. The Kier molecular flexibility index (Phi) is 4.57. The number of morpholine rings is 1. The van der Waals surface area contributed by atoms with E-state index in [4.69, 9.17) is 19.3 Å². The van der Waals surface area contributed by atoms with Gasteiger partial charge in [0.05, 0.1) is 46.0 Å². The first-order valence-corrected chi connectivity index (χ1v) is 6.17. The van der Waals surface area contributed by atoms with E-state index in [1.165, 1.54) is 14.2 Å². The van der Waals surface area contributed by atoms with Gasteiger partial charge in [-0.05, 0) is 0 Å². The largest absolute Gasteiger partial charge is 0.481 e. The van der Waals surface area contributed by atoms with Gasteiger partial charge in [0.2, 0.25) is 17.7 Å². The highest BCUT2D eigenvalue weighted by Gasteiger charge is 2.28. The van der Waals surface area contributed by atoms with E-state index in [1.54, 1.807) is 6.07 Å². The summed E-state index contributed by atoms with van der Waals surface area (Å²) in [6, 6.07) is 1.26. The number of hydrogen-bond acceptors (Lipinski definition) is 7. The second-order valence-electron chi connectivity index (χ2n) is 4.27. The van der Waals surface area contributed by atoms with Crippen LogP contribution in [0.2, 0.25) is 0 Å². The minimum atomic E-state index is -0.889. The van der Waals surface area contributed by atoms with E-state index >= 15 is 0 Å². The van der Waals surface area contributed by atoms with Crippen molar-refractivity contribution in [3.8, 4) is 11.8 Å². The van der Waals surface area contributed by atoms with Gasteiger partial charge in [-0.1, -0.05) is 0 Å². The van der Waals surface area contributed by atoms with Gasteiger partial charge in [-0.2, -0.15) is 9.97 Å². The average Bonchev–Trinajstić information content (AvgIpc) is 2.46. The van der Waals surface area contributed by atoms with Crippen LogP contribution in [-0.4, -0.2) is 61.1 Å². The number of carboxylic acids is 1. The second-order valence-corrected chi connectivity index (χ2v) is 4.27. The van der Waals surface area contributed by atoms with Crippen molar-refractivity contribution in [1.29, 1.82) is 0 Å². The summed E-state index contributed by atoms with van der Waals surface area (Å²) in [6.45, 7) is 1.35. The number of nitrogens with zero attached hydrogens (tertiary/aromatic N) is 3. The Morgan fingerprint density at radius 2 is 2.10 bits per heavy atom. The Hall–Kier alpha value is -2.09. The molecule has 0 aliphatic carbocycles. The minimum Gasteiger partial charge on any atom is -0.481 e. The summed E-state index contributed by atoms with van der Waals surface area (Å²) in [4.78, 5) is 21.2. The maximum atomic E-state index is 10.9.